The summed E-state index contributed by atoms with van der Waals surface area (Å²) in [6.45, 7) is 6.58. The van der Waals surface area contributed by atoms with Crippen LogP contribution < -0.4 is 30.0 Å². The number of nitrogens with zero attached hydrogens (tertiary/aromatic N) is 2. The normalized spacial score (nSPS) is 26.6. The largest absolute Gasteiger partial charge is 0.496 e. The summed E-state index contributed by atoms with van der Waals surface area (Å²) in [7, 11) is -2.27. The van der Waals surface area contributed by atoms with E-state index >= 15 is 0 Å². The van der Waals surface area contributed by atoms with Crippen molar-refractivity contribution in [1.29, 1.82) is 0 Å². The molecule has 2 aromatic rings. The fourth-order valence-electron chi connectivity index (χ4n) is 9.17. The topological polar surface area (TPSA) is 215 Å². The molecule has 1 aromatic carbocycles. The molecule has 1 saturated heterocycles. The van der Waals surface area contributed by atoms with Crippen molar-refractivity contribution in [1.82, 2.24) is 19.9 Å². The van der Waals surface area contributed by atoms with E-state index in [-0.39, 0.29) is 43.4 Å². The van der Waals surface area contributed by atoms with E-state index in [1.807, 2.05) is 19.1 Å². The zero-order valence-electron chi connectivity index (χ0n) is 34.7. The molecule has 4 N–H and O–H groups in total. The Balaban J connectivity index is 1.11. The van der Waals surface area contributed by atoms with E-state index in [9.17, 15) is 27.6 Å². The number of sulfonamides is 1. The zero-order chi connectivity index (χ0) is 42.6. The van der Waals surface area contributed by atoms with E-state index in [4.69, 9.17) is 34.4 Å². The van der Waals surface area contributed by atoms with Crippen molar-refractivity contribution in [3.63, 3.8) is 0 Å². The van der Waals surface area contributed by atoms with Crippen molar-refractivity contribution in [3.05, 3.63) is 36.4 Å². The van der Waals surface area contributed by atoms with E-state index in [1.54, 1.807) is 24.2 Å². The van der Waals surface area contributed by atoms with Crippen LogP contribution in [0.4, 0.5) is 4.79 Å². The van der Waals surface area contributed by atoms with Gasteiger partial charge in [0.25, 0.3) is 5.91 Å². The summed E-state index contributed by atoms with van der Waals surface area (Å²) in [5.41, 5.74) is 5.23. The quantitative estimate of drug-likeness (QED) is 0.131. The predicted octanol–water partition coefficient (Wildman–Crippen LogP) is 4.60. The molecule has 5 aliphatic rings. The van der Waals surface area contributed by atoms with Gasteiger partial charge < -0.3 is 39.6 Å². The fraction of sp³-hybridized carbons (Fsp3) is 0.651. The number of carbonyl (C=O) groups excluding carboxylic acids is 4. The Hall–Kier alpha value is -4.64. The number of likely N-dealkylation sites (tertiary alicyclic amines) is 1. The van der Waals surface area contributed by atoms with Gasteiger partial charge >= 0.3 is 6.09 Å². The Labute approximate surface area is 351 Å². The summed E-state index contributed by atoms with van der Waals surface area (Å²) in [6, 6.07) is 4.54. The molecular formula is C43H59N5O11S. The Morgan fingerprint density at radius 1 is 1.02 bits per heavy atom. The molecule has 2 heterocycles. The first-order valence-electron chi connectivity index (χ1n) is 21.5. The van der Waals surface area contributed by atoms with Crippen LogP contribution in [0, 0.1) is 11.8 Å². The number of rotatable bonds is 19. The average molecular weight is 854 g/mol. The molecule has 1 aliphatic heterocycles. The molecule has 6 atom stereocenters. The molecule has 0 spiro atoms. The zero-order valence-corrected chi connectivity index (χ0v) is 35.5. The Morgan fingerprint density at radius 2 is 1.78 bits per heavy atom. The smallest absolute Gasteiger partial charge is 0.404 e. The monoisotopic (exact) mass is 853 g/mol. The number of nitrogens with one attached hydrogen (secondary N) is 2. The second-order valence-corrected chi connectivity index (χ2v) is 18.9. The van der Waals surface area contributed by atoms with Gasteiger partial charge in [-0.25, -0.2) is 18.2 Å². The lowest BCUT2D eigenvalue weighted by molar-refractivity contribution is -0.140. The molecule has 1 aromatic heterocycles. The Bertz CT molecular complexity index is 2060. The summed E-state index contributed by atoms with van der Waals surface area (Å²) in [5.74, 6) is -0.322. The number of methoxy groups -OCH3 is 1. The van der Waals surface area contributed by atoms with Crippen LogP contribution >= 0.6 is 0 Å². The number of benzene rings is 1. The second-order valence-electron chi connectivity index (χ2n) is 16.9. The molecule has 4 aliphatic carbocycles. The summed E-state index contributed by atoms with van der Waals surface area (Å²) >= 11 is 0. The molecule has 328 valence electrons. The SMILES string of the molecule is C=C[C@@H]1C[C@]1(NC(=O)[C@@H]1C[C@@H](Oc2cc(OCC)nc3cc(OC)c(CCCO[C@@H]4CCC[C@H]4OC(N)=O)cc23)CN1C(=O)CC1CCCCC1)C(=O)NS(=O)(=O)C1CC1. The summed E-state index contributed by atoms with van der Waals surface area (Å²) in [6.07, 6.45) is 9.94. The maximum atomic E-state index is 14.3. The van der Waals surface area contributed by atoms with Crippen LogP contribution in [0.15, 0.2) is 30.9 Å². The van der Waals surface area contributed by atoms with Gasteiger partial charge in [0.05, 0.1) is 37.1 Å². The number of aryl methyl sites for hydroxylation is 1. The molecular weight excluding hydrogens is 795 g/mol. The Kier molecular flexibility index (Phi) is 13.4. The molecule has 7 rings (SSSR count). The number of fused-ring (bicyclic) bond motifs is 1. The first kappa shape index (κ1) is 43.4. The van der Waals surface area contributed by atoms with Gasteiger partial charge in [-0.05, 0) is 88.7 Å². The van der Waals surface area contributed by atoms with Crippen LogP contribution in [-0.2, 0) is 40.3 Å². The first-order chi connectivity index (χ1) is 28.8. The number of hydrogen-bond donors (Lipinski definition) is 3. The van der Waals surface area contributed by atoms with Gasteiger partial charge in [0.2, 0.25) is 27.7 Å². The number of nitrogens with two attached hydrogens (primary N) is 1. The number of hydrogen-bond acceptors (Lipinski definition) is 12. The van der Waals surface area contributed by atoms with Crippen LogP contribution in [0.1, 0.15) is 102 Å². The highest BCUT2D eigenvalue weighted by Crippen LogP contribution is 2.46. The minimum Gasteiger partial charge on any atom is -0.496 e. The lowest BCUT2D eigenvalue weighted by Gasteiger charge is -2.28. The predicted molar refractivity (Wildman–Crippen MR) is 221 cm³/mol. The third-order valence-electron chi connectivity index (χ3n) is 12.6. The molecule has 5 fully saturated rings. The maximum absolute atomic E-state index is 14.3. The van der Waals surface area contributed by atoms with Gasteiger partial charge in [-0.2, -0.15) is 0 Å². The minimum absolute atomic E-state index is 0.125. The summed E-state index contributed by atoms with van der Waals surface area (Å²) < 4.78 is 57.4. The fourth-order valence-corrected chi connectivity index (χ4v) is 10.5. The van der Waals surface area contributed by atoms with E-state index in [0.29, 0.717) is 80.0 Å². The molecule has 17 heteroatoms. The summed E-state index contributed by atoms with van der Waals surface area (Å²) in [5, 5.41) is 2.95. The van der Waals surface area contributed by atoms with Crippen LogP contribution in [0.5, 0.6) is 17.4 Å². The average Bonchev–Trinajstić information content (AvgIpc) is 4.11. The molecule has 0 bridgehead atoms. The Morgan fingerprint density at radius 3 is 2.47 bits per heavy atom. The molecule has 0 unspecified atom stereocenters. The summed E-state index contributed by atoms with van der Waals surface area (Å²) in [4.78, 5) is 59.6. The number of aromatic nitrogens is 1. The number of primary amides is 1. The van der Waals surface area contributed by atoms with E-state index in [2.05, 4.69) is 16.6 Å². The van der Waals surface area contributed by atoms with Gasteiger partial charge in [-0.15, -0.1) is 6.58 Å². The highest BCUT2D eigenvalue weighted by atomic mass is 32.2. The lowest BCUT2D eigenvalue weighted by atomic mass is 9.86. The van der Waals surface area contributed by atoms with Crippen LogP contribution in [0.3, 0.4) is 0 Å². The van der Waals surface area contributed by atoms with Crippen molar-refractivity contribution >= 4 is 44.7 Å². The third kappa shape index (κ3) is 9.93. The van der Waals surface area contributed by atoms with Gasteiger partial charge in [0.1, 0.15) is 35.3 Å². The highest BCUT2D eigenvalue weighted by Gasteiger charge is 2.62. The van der Waals surface area contributed by atoms with Gasteiger partial charge in [-0.1, -0.05) is 25.3 Å². The number of pyridine rings is 1. The van der Waals surface area contributed by atoms with E-state index < -0.39 is 56.8 Å². The number of carbonyl (C=O) groups is 4. The molecule has 60 heavy (non-hydrogen) atoms. The molecule has 4 saturated carbocycles. The minimum atomic E-state index is -3.87. The van der Waals surface area contributed by atoms with Crippen LogP contribution in [-0.4, -0.2) is 104 Å². The first-order valence-corrected chi connectivity index (χ1v) is 23.1. The van der Waals surface area contributed by atoms with Crippen LogP contribution in [0.2, 0.25) is 0 Å². The third-order valence-corrected chi connectivity index (χ3v) is 14.5. The van der Waals surface area contributed by atoms with Crippen molar-refractivity contribution < 1.29 is 51.3 Å². The highest BCUT2D eigenvalue weighted by molar-refractivity contribution is 7.91. The molecule has 0 radical (unpaired) electrons. The van der Waals surface area contributed by atoms with Crippen molar-refractivity contribution in [2.24, 2.45) is 17.6 Å². The maximum Gasteiger partial charge on any atom is 0.404 e. The molecule has 16 nitrogen and oxygen atoms in total. The number of amides is 4. The van der Waals surface area contributed by atoms with Crippen molar-refractivity contribution in [2.45, 2.75) is 138 Å². The van der Waals surface area contributed by atoms with Gasteiger partial charge in [0.15, 0.2) is 0 Å². The van der Waals surface area contributed by atoms with E-state index in [0.717, 1.165) is 50.5 Å². The molecule has 4 amide bonds. The van der Waals surface area contributed by atoms with Crippen molar-refractivity contribution in [2.75, 3.05) is 26.9 Å². The second kappa shape index (κ2) is 18.5. The van der Waals surface area contributed by atoms with E-state index in [1.165, 1.54) is 0 Å². The van der Waals surface area contributed by atoms with Gasteiger partial charge in [0, 0.05) is 42.9 Å². The number of ether oxygens (including phenoxy) is 5. The van der Waals surface area contributed by atoms with Gasteiger partial charge in [-0.3, -0.25) is 19.1 Å². The van der Waals surface area contributed by atoms with Crippen molar-refractivity contribution in [3.8, 4) is 17.4 Å². The lowest BCUT2D eigenvalue weighted by Crippen LogP contribution is -2.56. The standard InChI is InChI=1S/C43H59N5O11S/c1-4-28-24-43(28,41(51)47-60(53,54)30-16-17-30)46-40(50)33-21-29(25-48(33)39(49)19-26-11-7-6-8-12-26)58-37-23-38(56-5-2)45-32-22-36(55-3)27(20-31(32)37)13-10-18-57-34-14-9-15-35(34)59-42(44)52/h4,20,22-23,26,28-30,33-35H,1,5-19,21,24-25H2,2-3H3,(H2,44,52)(H,46,50)(H,47,51)/t28-,29-,33+,34-,35-,43-/m1/s1. The van der Waals surface area contributed by atoms with Crippen LogP contribution in [0.25, 0.3) is 10.9 Å².